The molecule has 0 aromatic heterocycles. The second kappa shape index (κ2) is 9.37. The Kier molecular flexibility index (Phi) is 6.89. The number of nitrogens with one attached hydrogen (secondary N) is 2. The van der Waals surface area contributed by atoms with Crippen LogP contribution in [0.3, 0.4) is 0 Å². The molecule has 2 N–H and O–H groups in total. The van der Waals surface area contributed by atoms with Gasteiger partial charge in [0.05, 0.1) is 6.04 Å². The van der Waals surface area contributed by atoms with Crippen molar-refractivity contribution in [3.63, 3.8) is 0 Å². The van der Waals surface area contributed by atoms with E-state index >= 15 is 0 Å². The van der Waals surface area contributed by atoms with E-state index in [9.17, 15) is 9.59 Å². The molecule has 0 radical (unpaired) electrons. The number of hydrogen-bond acceptors (Lipinski definition) is 3. The first kappa shape index (κ1) is 18.4. The van der Waals surface area contributed by atoms with Crippen LogP contribution in [-0.2, 0) is 16.0 Å². The van der Waals surface area contributed by atoms with Crippen molar-refractivity contribution >= 4 is 17.5 Å². The average Bonchev–Trinajstić information content (AvgIpc) is 2.65. The van der Waals surface area contributed by atoms with E-state index in [2.05, 4.69) is 15.8 Å². The molecule has 0 bridgehead atoms. The van der Waals surface area contributed by atoms with Gasteiger partial charge in [-0.05, 0) is 37.8 Å². The number of aryl methyl sites for hydroxylation is 1. The second-order valence-electron chi connectivity index (χ2n) is 5.88. The predicted octanol–water partition coefficient (Wildman–Crippen LogP) is 2.99. The Morgan fingerprint density at radius 2 is 1.56 bits per heavy atom. The summed E-state index contributed by atoms with van der Waals surface area (Å²) in [6.07, 6.45) is 1.55. The molecule has 0 aliphatic rings. The fourth-order valence-corrected chi connectivity index (χ4v) is 2.31. The molecule has 0 aliphatic carbocycles. The lowest BCUT2D eigenvalue weighted by atomic mass is 10.1. The highest BCUT2D eigenvalue weighted by atomic mass is 16.2. The summed E-state index contributed by atoms with van der Waals surface area (Å²) in [4.78, 5) is 23.8. The highest BCUT2D eigenvalue weighted by molar-refractivity contribution is 6.35. The molecule has 2 aromatic carbocycles. The molecule has 1 atom stereocenters. The third kappa shape index (κ3) is 6.22. The molecule has 2 rings (SSSR count). The molecule has 5 nitrogen and oxygen atoms in total. The van der Waals surface area contributed by atoms with Crippen LogP contribution in [0, 0.1) is 0 Å². The zero-order valence-corrected chi connectivity index (χ0v) is 14.5. The second-order valence-corrected chi connectivity index (χ2v) is 5.88. The standard InChI is InChI=1S/C20H23N3O2/c1-15(13-14-17-9-5-3-6-10-17)22-23-20(25)19(24)21-16(2)18-11-7-4-8-12-18/h3-12,16H,13-14H2,1-2H3,(H,21,24)(H,23,25)/b22-15+/t16-/m0/s1. The van der Waals surface area contributed by atoms with Crippen molar-refractivity contribution in [1.29, 1.82) is 0 Å². The Hall–Kier alpha value is -2.95. The van der Waals surface area contributed by atoms with Gasteiger partial charge in [-0.2, -0.15) is 5.10 Å². The lowest BCUT2D eigenvalue weighted by molar-refractivity contribution is -0.139. The Morgan fingerprint density at radius 1 is 0.960 bits per heavy atom. The number of rotatable bonds is 6. The van der Waals surface area contributed by atoms with Crippen LogP contribution < -0.4 is 10.7 Å². The van der Waals surface area contributed by atoms with Crippen LogP contribution in [0.5, 0.6) is 0 Å². The van der Waals surface area contributed by atoms with Crippen LogP contribution in [0.15, 0.2) is 65.8 Å². The fourth-order valence-electron chi connectivity index (χ4n) is 2.31. The molecule has 0 aliphatic heterocycles. The van der Waals surface area contributed by atoms with Crippen LogP contribution in [0.1, 0.15) is 37.4 Å². The predicted molar refractivity (Wildman–Crippen MR) is 99.0 cm³/mol. The monoisotopic (exact) mass is 337 g/mol. The van der Waals surface area contributed by atoms with Gasteiger partial charge < -0.3 is 5.32 Å². The minimum absolute atomic E-state index is 0.248. The number of nitrogens with zero attached hydrogens (tertiary/aromatic N) is 1. The third-order valence-corrected chi connectivity index (χ3v) is 3.82. The minimum atomic E-state index is -0.762. The van der Waals surface area contributed by atoms with Gasteiger partial charge in [-0.1, -0.05) is 60.7 Å². The summed E-state index contributed by atoms with van der Waals surface area (Å²) in [6, 6.07) is 19.3. The Morgan fingerprint density at radius 3 is 2.20 bits per heavy atom. The molecular formula is C20H23N3O2. The van der Waals surface area contributed by atoms with E-state index in [1.807, 2.05) is 74.5 Å². The van der Waals surface area contributed by atoms with Gasteiger partial charge in [0, 0.05) is 5.71 Å². The smallest absolute Gasteiger partial charge is 0.329 e. The lowest BCUT2D eigenvalue weighted by Crippen LogP contribution is -2.39. The zero-order valence-electron chi connectivity index (χ0n) is 14.5. The summed E-state index contributed by atoms with van der Waals surface area (Å²) in [5.41, 5.74) is 5.22. The summed E-state index contributed by atoms with van der Waals surface area (Å²) in [5, 5.41) is 6.65. The first-order valence-electron chi connectivity index (χ1n) is 8.29. The molecule has 0 heterocycles. The Bertz CT molecular complexity index is 727. The molecule has 0 unspecified atom stereocenters. The molecule has 5 heteroatoms. The minimum Gasteiger partial charge on any atom is -0.341 e. The summed E-state index contributed by atoms with van der Waals surface area (Å²) in [7, 11) is 0. The van der Waals surface area contributed by atoms with Gasteiger partial charge in [0.2, 0.25) is 0 Å². The first-order chi connectivity index (χ1) is 12.1. The van der Waals surface area contributed by atoms with Gasteiger partial charge in [-0.15, -0.1) is 0 Å². The quantitative estimate of drug-likeness (QED) is 0.483. The molecule has 2 amide bonds. The zero-order chi connectivity index (χ0) is 18.1. The molecule has 0 saturated heterocycles. The highest BCUT2D eigenvalue weighted by Gasteiger charge is 2.16. The third-order valence-electron chi connectivity index (χ3n) is 3.82. The largest absolute Gasteiger partial charge is 0.341 e. The SMILES string of the molecule is C/C(CCc1ccccc1)=N\NC(=O)C(=O)N[C@@H](C)c1ccccc1. The normalized spacial score (nSPS) is 12.3. The summed E-state index contributed by atoms with van der Waals surface area (Å²) in [6.45, 7) is 3.66. The van der Waals surface area contributed by atoms with Crippen molar-refractivity contribution in [3.05, 3.63) is 71.8 Å². The maximum atomic E-state index is 11.9. The van der Waals surface area contributed by atoms with Crippen LogP contribution in [-0.4, -0.2) is 17.5 Å². The molecule has 25 heavy (non-hydrogen) atoms. The Labute approximate surface area is 148 Å². The Balaban J connectivity index is 1.79. The number of hydrazone groups is 1. The molecule has 0 fully saturated rings. The van der Waals surface area contributed by atoms with E-state index in [1.165, 1.54) is 5.56 Å². The summed E-state index contributed by atoms with van der Waals surface area (Å²) >= 11 is 0. The lowest BCUT2D eigenvalue weighted by Gasteiger charge is -2.13. The number of hydrogen-bond donors (Lipinski definition) is 2. The molecule has 2 aromatic rings. The number of benzene rings is 2. The maximum Gasteiger partial charge on any atom is 0.329 e. The van der Waals surface area contributed by atoms with Gasteiger partial charge >= 0.3 is 11.8 Å². The molecular weight excluding hydrogens is 314 g/mol. The van der Waals surface area contributed by atoms with Crippen molar-refractivity contribution in [3.8, 4) is 0 Å². The number of carbonyl (C=O) groups is 2. The maximum absolute atomic E-state index is 11.9. The van der Waals surface area contributed by atoms with E-state index in [-0.39, 0.29) is 6.04 Å². The van der Waals surface area contributed by atoms with Gasteiger partial charge in [0.1, 0.15) is 0 Å². The van der Waals surface area contributed by atoms with Crippen LogP contribution in [0.2, 0.25) is 0 Å². The van der Waals surface area contributed by atoms with E-state index in [1.54, 1.807) is 0 Å². The van der Waals surface area contributed by atoms with E-state index in [0.717, 1.165) is 17.7 Å². The molecule has 0 saturated carbocycles. The van der Waals surface area contributed by atoms with Crippen molar-refractivity contribution in [2.24, 2.45) is 5.10 Å². The fraction of sp³-hybridized carbons (Fsp3) is 0.250. The van der Waals surface area contributed by atoms with Crippen LogP contribution in [0.4, 0.5) is 0 Å². The van der Waals surface area contributed by atoms with Gasteiger partial charge in [-0.3, -0.25) is 9.59 Å². The van der Waals surface area contributed by atoms with Crippen molar-refractivity contribution in [1.82, 2.24) is 10.7 Å². The van der Waals surface area contributed by atoms with Crippen LogP contribution >= 0.6 is 0 Å². The van der Waals surface area contributed by atoms with E-state index < -0.39 is 11.8 Å². The summed E-state index contributed by atoms with van der Waals surface area (Å²) < 4.78 is 0. The van der Waals surface area contributed by atoms with Gasteiger partial charge in [0.25, 0.3) is 0 Å². The summed E-state index contributed by atoms with van der Waals surface area (Å²) in [5.74, 6) is -1.46. The topological polar surface area (TPSA) is 70.6 Å². The first-order valence-corrected chi connectivity index (χ1v) is 8.29. The van der Waals surface area contributed by atoms with Gasteiger partial charge in [-0.25, -0.2) is 5.43 Å². The van der Waals surface area contributed by atoms with Crippen LogP contribution in [0.25, 0.3) is 0 Å². The highest BCUT2D eigenvalue weighted by Crippen LogP contribution is 2.10. The number of carbonyl (C=O) groups excluding carboxylic acids is 2. The van der Waals surface area contributed by atoms with E-state index in [0.29, 0.717) is 6.42 Å². The average molecular weight is 337 g/mol. The van der Waals surface area contributed by atoms with Gasteiger partial charge in [0.15, 0.2) is 0 Å². The van der Waals surface area contributed by atoms with Crippen molar-refractivity contribution < 1.29 is 9.59 Å². The number of amides is 2. The van der Waals surface area contributed by atoms with Crippen molar-refractivity contribution in [2.75, 3.05) is 0 Å². The molecule has 130 valence electrons. The van der Waals surface area contributed by atoms with Crippen molar-refractivity contribution in [2.45, 2.75) is 32.7 Å². The van der Waals surface area contributed by atoms with E-state index in [4.69, 9.17) is 0 Å². The molecule has 0 spiro atoms.